The zero-order valence-corrected chi connectivity index (χ0v) is 17.7. The molecule has 1 aromatic carbocycles. The molecular formula is C21H24N4O4S. The van der Waals surface area contributed by atoms with Crippen LogP contribution in [0, 0.1) is 0 Å². The van der Waals surface area contributed by atoms with Gasteiger partial charge in [-0.2, -0.15) is 0 Å². The fourth-order valence-corrected chi connectivity index (χ4v) is 4.05. The van der Waals surface area contributed by atoms with Crippen molar-refractivity contribution in [2.45, 2.75) is 39.2 Å². The lowest BCUT2D eigenvalue weighted by Crippen LogP contribution is -2.28. The van der Waals surface area contributed by atoms with Crippen LogP contribution in [0.3, 0.4) is 0 Å². The summed E-state index contributed by atoms with van der Waals surface area (Å²) in [6, 6.07) is 10.1. The van der Waals surface area contributed by atoms with E-state index in [0.717, 1.165) is 22.2 Å². The molecular weight excluding hydrogens is 404 g/mol. The van der Waals surface area contributed by atoms with E-state index >= 15 is 0 Å². The Balaban J connectivity index is 1.44. The lowest BCUT2D eigenvalue weighted by atomic mass is 10.1. The van der Waals surface area contributed by atoms with E-state index in [0.29, 0.717) is 18.0 Å². The number of hydrogen-bond acceptors (Lipinski definition) is 5. The van der Waals surface area contributed by atoms with Crippen LogP contribution in [-0.4, -0.2) is 39.0 Å². The number of anilines is 1. The molecule has 0 unspecified atom stereocenters. The largest absolute Gasteiger partial charge is 0.476 e. The van der Waals surface area contributed by atoms with Crippen molar-refractivity contribution in [3.05, 3.63) is 47.1 Å². The van der Waals surface area contributed by atoms with Crippen molar-refractivity contribution in [1.29, 1.82) is 0 Å². The van der Waals surface area contributed by atoms with Gasteiger partial charge in [0.2, 0.25) is 11.8 Å². The number of para-hydroxylation sites is 1. The molecule has 0 bridgehead atoms. The summed E-state index contributed by atoms with van der Waals surface area (Å²) in [6.45, 7) is 4.84. The molecule has 3 aromatic rings. The molecule has 2 aromatic heterocycles. The number of nitrogens with zero attached hydrogens (tertiary/aromatic N) is 2. The standard InChI is InChI=1S/C21H24N4O4S/c1-13(2)19-18(20(28)29)24-21(30-19)23-17(27)8-7-16(26)22-10-12-25-11-9-14-5-3-4-6-15(14)25/h3-6,9,11,13H,7-8,10,12H2,1-2H3,(H,22,26)(H,28,29)(H,23,24,27). The van der Waals surface area contributed by atoms with Gasteiger partial charge in [-0.3, -0.25) is 9.59 Å². The Hall–Kier alpha value is -3.20. The molecule has 0 spiro atoms. The molecule has 3 N–H and O–H groups in total. The number of carbonyl (C=O) groups is 3. The van der Waals surface area contributed by atoms with Gasteiger partial charge in [-0.05, 0) is 23.4 Å². The molecule has 0 aliphatic carbocycles. The number of carbonyl (C=O) groups excluding carboxylic acids is 2. The molecule has 9 heteroatoms. The van der Waals surface area contributed by atoms with Crippen molar-refractivity contribution in [3.8, 4) is 0 Å². The number of benzene rings is 1. The predicted octanol–water partition coefficient (Wildman–Crippen LogP) is 3.45. The van der Waals surface area contributed by atoms with Crippen molar-refractivity contribution < 1.29 is 19.5 Å². The fraction of sp³-hybridized carbons (Fsp3) is 0.333. The summed E-state index contributed by atoms with van der Waals surface area (Å²) in [5.74, 6) is -1.72. The summed E-state index contributed by atoms with van der Waals surface area (Å²) in [7, 11) is 0. The second kappa shape index (κ2) is 9.53. The molecule has 0 atom stereocenters. The maximum Gasteiger partial charge on any atom is 0.355 e. The van der Waals surface area contributed by atoms with Gasteiger partial charge in [0.05, 0.1) is 0 Å². The Morgan fingerprint density at radius 2 is 1.87 bits per heavy atom. The molecule has 30 heavy (non-hydrogen) atoms. The highest BCUT2D eigenvalue weighted by Crippen LogP contribution is 2.29. The fourth-order valence-electron chi connectivity index (χ4n) is 3.08. The molecule has 8 nitrogen and oxygen atoms in total. The quantitative estimate of drug-likeness (QED) is 0.483. The topological polar surface area (TPSA) is 113 Å². The zero-order chi connectivity index (χ0) is 21.7. The lowest BCUT2D eigenvalue weighted by molar-refractivity contribution is -0.124. The predicted molar refractivity (Wildman–Crippen MR) is 116 cm³/mol. The second-order valence-corrected chi connectivity index (χ2v) is 8.19. The Kier molecular flexibility index (Phi) is 6.83. The van der Waals surface area contributed by atoms with Crippen LogP contribution in [0.2, 0.25) is 0 Å². The van der Waals surface area contributed by atoms with E-state index in [-0.39, 0.29) is 41.4 Å². The normalized spacial score (nSPS) is 11.0. The van der Waals surface area contributed by atoms with Gasteiger partial charge in [-0.15, -0.1) is 11.3 Å². The summed E-state index contributed by atoms with van der Waals surface area (Å²) in [4.78, 5) is 40.0. The number of carboxylic acids is 1. The van der Waals surface area contributed by atoms with Crippen molar-refractivity contribution in [1.82, 2.24) is 14.9 Å². The number of amides is 2. The third-order valence-corrected chi connectivity index (χ3v) is 5.83. The third kappa shape index (κ3) is 5.24. The minimum Gasteiger partial charge on any atom is -0.476 e. The lowest BCUT2D eigenvalue weighted by Gasteiger charge is -2.07. The van der Waals surface area contributed by atoms with E-state index in [1.54, 1.807) is 0 Å². The summed E-state index contributed by atoms with van der Waals surface area (Å²) < 4.78 is 2.07. The Morgan fingerprint density at radius 1 is 1.13 bits per heavy atom. The number of fused-ring (bicyclic) bond motifs is 1. The van der Waals surface area contributed by atoms with Crippen LogP contribution in [0.25, 0.3) is 10.9 Å². The second-order valence-electron chi connectivity index (χ2n) is 7.16. The Morgan fingerprint density at radius 3 is 2.57 bits per heavy atom. The molecule has 158 valence electrons. The van der Waals surface area contributed by atoms with E-state index in [1.165, 1.54) is 0 Å². The first-order valence-electron chi connectivity index (χ1n) is 9.69. The first-order chi connectivity index (χ1) is 14.3. The van der Waals surface area contributed by atoms with Crippen LogP contribution in [0.5, 0.6) is 0 Å². The van der Waals surface area contributed by atoms with E-state index in [1.807, 2.05) is 50.4 Å². The highest BCUT2D eigenvalue weighted by Gasteiger charge is 2.20. The minimum atomic E-state index is -1.12. The van der Waals surface area contributed by atoms with Crippen molar-refractivity contribution in [2.24, 2.45) is 0 Å². The van der Waals surface area contributed by atoms with Crippen molar-refractivity contribution >= 4 is 45.2 Å². The molecule has 0 fully saturated rings. The maximum absolute atomic E-state index is 12.1. The number of hydrogen-bond donors (Lipinski definition) is 3. The Bertz CT molecular complexity index is 1070. The van der Waals surface area contributed by atoms with Gasteiger partial charge in [0.25, 0.3) is 0 Å². The van der Waals surface area contributed by atoms with Gasteiger partial charge in [0, 0.05) is 42.5 Å². The summed E-state index contributed by atoms with van der Waals surface area (Å²) >= 11 is 1.14. The zero-order valence-electron chi connectivity index (χ0n) is 16.8. The molecule has 0 saturated carbocycles. The first-order valence-corrected chi connectivity index (χ1v) is 10.5. The number of nitrogens with one attached hydrogen (secondary N) is 2. The molecule has 0 aliphatic rings. The van der Waals surface area contributed by atoms with E-state index in [4.69, 9.17) is 0 Å². The molecule has 0 radical (unpaired) electrons. The number of carboxylic acid groups (broad SMARTS) is 1. The van der Waals surface area contributed by atoms with Crippen LogP contribution in [0.1, 0.15) is 48.0 Å². The maximum atomic E-state index is 12.1. The third-order valence-electron chi connectivity index (χ3n) is 4.56. The summed E-state index contributed by atoms with van der Waals surface area (Å²) in [5, 5.41) is 16.0. The number of thiazole rings is 1. The highest BCUT2D eigenvalue weighted by atomic mass is 32.1. The SMILES string of the molecule is CC(C)c1sc(NC(=O)CCC(=O)NCCn2ccc3ccccc32)nc1C(=O)O. The highest BCUT2D eigenvalue weighted by molar-refractivity contribution is 7.16. The first kappa shape index (κ1) is 21.5. The van der Waals surface area contributed by atoms with Gasteiger partial charge in [-0.1, -0.05) is 32.0 Å². The van der Waals surface area contributed by atoms with Crippen LogP contribution in [0.15, 0.2) is 36.5 Å². The van der Waals surface area contributed by atoms with Crippen LogP contribution >= 0.6 is 11.3 Å². The smallest absolute Gasteiger partial charge is 0.355 e. The van der Waals surface area contributed by atoms with E-state index < -0.39 is 5.97 Å². The van der Waals surface area contributed by atoms with Gasteiger partial charge in [0.1, 0.15) is 0 Å². The molecule has 0 saturated heterocycles. The molecule has 3 rings (SSSR count). The average molecular weight is 429 g/mol. The van der Waals surface area contributed by atoms with Gasteiger partial charge < -0.3 is 20.3 Å². The van der Waals surface area contributed by atoms with Crippen LogP contribution in [0.4, 0.5) is 5.13 Å². The summed E-state index contributed by atoms with van der Waals surface area (Å²) in [6.07, 6.45) is 2.03. The monoisotopic (exact) mass is 428 g/mol. The minimum absolute atomic E-state index is 0.00270. The van der Waals surface area contributed by atoms with Crippen LogP contribution < -0.4 is 10.6 Å². The molecule has 0 aliphatic heterocycles. The van der Waals surface area contributed by atoms with Gasteiger partial charge >= 0.3 is 5.97 Å². The van der Waals surface area contributed by atoms with E-state index in [9.17, 15) is 19.5 Å². The average Bonchev–Trinajstić information content (AvgIpc) is 3.31. The van der Waals surface area contributed by atoms with Crippen LogP contribution in [-0.2, 0) is 16.1 Å². The van der Waals surface area contributed by atoms with E-state index in [2.05, 4.69) is 20.2 Å². The number of aromatic carboxylic acids is 1. The number of aromatic nitrogens is 2. The Labute approximate surface area is 177 Å². The van der Waals surface area contributed by atoms with Gasteiger partial charge in [0.15, 0.2) is 10.8 Å². The molecule has 2 heterocycles. The van der Waals surface area contributed by atoms with Gasteiger partial charge in [-0.25, -0.2) is 9.78 Å². The van der Waals surface area contributed by atoms with Crippen molar-refractivity contribution in [2.75, 3.05) is 11.9 Å². The number of rotatable bonds is 9. The molecule has 2 amide bonds. The van der Waals surface area contributed by atoms with Crippen molar-refractivity contribution in [3.63, 3.8) is 0 Å². The summed E-state index contributed by atoms with van der Waals surface area (Å²) in [5.41, 5.74) is 1.07.